The van der Waals surface area contributed by atoms with Crippen molar-refractivity contribution in [2.45, 2.75) is 345 Å². The summed E-state index contributed by atoms with van der Waals surface area (Å²) in [5.74, 6) is 1.51. The van der Waals surface area contributed by atoms with Crippen molar-refractivity contribution in [3.05, 3.63) is 137 Å². The molecule has 2 atom stereocenters. The minimum absolute atomic E-state index is 0.0735. The van der Waals surface area contributed by atoms with E-state index in [9.17, 15) is 9.59 Å². The summed E-state index contributed by atoms with van der Waals surface area (Å²) >= 11 is 34.7. The zero-order valence-corrected chi connectivity index (χ0v) is 88.1. The number of unbranched alkanes of at least 4 members (excludes halogenated alkanes) is 27. The molecule has 125 heavy (non-hydrogen) atoms. The molecule has 2 amide bonds. The molecule has 672 valence electrons. The summed E-state index contributed by atoms with van der Waals surface area (Å²) in [4.78, 5) is 58.0. The average molecular weight is 1930 g/mol. The minimum Gasteiger partial charge on any atom is -0.293 e. The van der Waals surface area contributed by atoms with Gasteiger partial charge in [-0.2, -0.15) is 0 Å². The number of fused-ring (bicyclic) bond motifs is 2. The monoisotopic (exact) mass is 1930 g/mol. The van der Waals surface area contributed by atoms with Gasteiger partial charge in [-0.1, -0.05) is 322 Å². The first-order valence-electron chi connectivity index (χ1n) is 48.6. The van der Waals surface area contributed by atoms with Crippen molar-refractivity contribution in [3.8, 4) is 79.4 Å². The van der Waals surface area contributed by atoms with E-state index in [1.165, 1.54) is 373 Å². The van der Waals surface area contributed by atoms with Crippen molar-refractivity contribution in [2.24, 2.45) is 11.8 Å². The number of benzene rings is 1. The smallest absolute Gasteiger partial charge is 0.266 e. The number of aryl methyl sites for hydroxylation is 4. The Morgan fingerprint density at radius 1 is 0.320 bits per heavy atom. The van der Waals surface area contributed by atoms with E-state index in [1.807, 2.05) is 89.2 Å². The Hall–Kier alpha value is -3.96. The number of hydrogen-bond donors (Lipinski definition) is 0. The van der Waals surface area contributed by atoms with Crippen molar-refractivity contribution < 1.29 is 9.59 Å². The maximum Gasteiger partial charge on any atom is 0.266 e. The highest BCUT2D eigenvalue weighted by Gasteiger charge is 2.35. The van der Waals surface area contributed by atoms with Crippen molar-refractivity contribution >= 4 is 214 Å². The minimum atomic E-state index is 0.0735. The predicted octanol–water partition coefficient (Wildman–Crippen LogP) is 39.6. The van der Waals surface area contributed by atoms with Gasteiger partial charge in [-0.05, 0) is 202 Å². The summed E-state index contributed by atoms with van der Waals surface area (Å²) in [6.07, 6.45) is 56.7. The normalized spacial score (nSPS) is 14.6. The van der Waals surface area contributed by atoms with Gasteiger partial charge in [0.1, 0.15) is 8.64 Å². The first-order chi connectivity index (χ1) is 61.2. The largest absolute Gasteiger partial charge is 0.293 e. The summed E-state index contributed by atoms with van der Waals surface area (Å²) in [5, 5.41) is 2.79. The van der Waals surface area contributed by atoms with Crippen molar-refractivity contribution in [1.82, 2.24) is 9.80 Å². The number of thioether (sulfide) groups is 2. The molecule has 11 aromatic rings. The Balaban J connectivity index is 0.893. The molecule has 0 bridgehead atoms. The molecule has 2 unspecified atom stereocenters. The molecule has 0 aliphatic carbocycles. The van der Waals surface area contributed by atoms with Crippen LogP contribution < -0.4 is 0 Å². The third-order valence-corrected chi connectivity index (χ3v) is 40.7. The van der Waals surface area contributed by atoms with E-state index in [2.05, 4.69) is 200 Å². The van der Waals surface area contributed by atoms with Crippen LogP contribution in [0.3, 0.4) is 0 Å². The second-order valence-electron chi connectivity index (χ2n) is 35.4. The van der Waals surface area contributed by atoms with Crippen LogP contribution in [0.4, 0.5) is 0 Å². The molecule has 2 aliphatic rings. The number of carbonyl (C=O) groups is 2. The topological polar surface area (TPSA) is 40.6 Å². The Morgan fingerprint density at radius 3 is 1.04 bits per heavy atom. The van der Waals surface area contributed by atoms with Gasteiger partial charge in [-0.25, -0.2) is 0 Å². The maximum atomic E-state index is 14.2. The lowest BCUT2D eigenvalue weighted by atomic mass is 9.95. The molecule has 0 spiro atoms. The van der Waals surface area contributed by atoms with Gasteiger partial charge in [0.05, 0.1) is 9.81 Å². The molecular formula is C107H138N2O2S14. The maximum absolute atomic E-state index is 14.2. The molecule has 2 aliphatic heterocycles. The van der Waals surface area contributed by atoms with Gasteiger partial charge in [0.15, 0.2) is 0 Å². The van der Waals surface area contributed by atoms with Gasteiger partial charge in [0.2, 0.25) is 0 Å². The Kier molecular flexibility index (Phi) is 40.0. The van der Waals surface area contributed by atoms with Crippen LogP contribution in [0.15, 0.2) is 94.7 Å². The second kappa shape index (κ2) is 50.8. The molecule has 12 heterocycles. The molecule has 18 heteroatoms. The van der Waals surface area contributed by atoms with E-state index in [-0.39, 0.29) is 11.8 Å². The Labute approximate surface area is 811 Å². The number of rotatable bonds is 57. The van der Waals surface area contributed by atoms with Crippen LogP contribution >= 0.6 is 161 Å². The third kappa shape index (κ3) is 26.3. The molecule has 1 aromatic carbocycles. The number of thiophene rings is 10. The molecule has 0 N–H and O–H groups in total. The highest BCUT2D eigenvalue weighted by Crippen LogP contribution is 2.58. The van der Waals surface area contributed by atoms with Gasteiger partial charge in [0.25, 0.3) is 11.8 Å². The van der Waals surface area contributed by atoms with Gasteiger partial charge >= 0.3 is 0 Å². The average Bonchev–Trinajstić information content (AvgIpc) is 1.56. The Morgan fingerprint density at radius 2 is 0.648 bits per heavy atom. The lowest BCUT2D eigenvalue weighted by Crippen LogP contribution is -2.28. The molecule has 0 radical (unpaired) electrons. The summed E-state index contributed by atoms with van der Waals surface area (Å²) in [5.41, 5.74) is 8.48. The number of carbonyl (C=O) groups excluding carboxylic acids is 2. The number of thiocarbonyl (C=S) groups is 2. The lowest BCUT2D eigenvalue weighted by molar-refractivity contribution is -0.123. The molecular weight excluding hydrogens is 1790 g/mol. The molecule has 4 nitrogen and oxygen atoms in total. The fourth-order valence-electron chi connectivity index (χ4n) is 18.0. The molecule has 10 aromatic heterocycles. The number of hydrogen-bond acceptors (Lipinski definition) is 16. The standard InChI is InChI=1S/C107H138N2O2S14/c1-11-20-27-32-37-42-49-75-65-80(68-94-104(110)108(106(112)124-94)60-45-40-35-30-23-14-4)116-99(75)87-57-56-86(118-87)98-72(10)62-90(120-98)92-70-82-96(84-54-52-78(114-84)63-73(18-8)47-25-16-6)103-83(97(102(82)122-92)85-55-53-79(115-85)64-74(19-9)48-26-17-7)71-93(123-103)91-67-77(51-44-39-34-29-22-13-3)101(121-91)89-59-58-88(119-89)100-76(50-43-38-33-28-21-12-2)66-81(117-100)69-95-105(111)109(107(113)125-95)61-46-41-36-31-24-15-5/h52-59,62,65-71,73-74H,11-51,60-61,63-64H2,1-10H3/b94-68-,95-69-. The second-order valence-corrected chi connectivity index (χ2v) is 49.6. The van der Waals surface area contributed by atoms with Gasteiger partial charge < -0.3 is 0 Å². The van der Waals surface area contributed by atoms with Gasteiger partial charge in [0, 0.05) is 132 Å². The molecule has 13 rings (SSSR count). The van der Waals surface area contributed by atoms with Crippen molar-refractivity contribution in [3.63, 3.8) is 0 Å². The number of nitrogens with zero attached hydrogens (tertiary/aromatic N) is 2. The van der Waals surface area contributed by atoms with Crippen LogP contribution in [-0.2, 0) is 41.7 Å². The van der Waals surface area contributed by atoms with E-state index in [4.69, 9.17) is 24.4 Å². The first kappa shape index (κ1) is 98.5. The SMILES string of the molecule is CCCCCCCCc1cc(/C=C2\SC(=S)N(CCCCCCCC)C2=O)sc1-c1ccc(-c2sc(-c3cc4c(-c5ccc(CC(CC)CCCC)s5)c5sc(-c6cc(CCCCCCCC)c(-c7ccc(-c8sc(/C=C9\SC(=S)N(CCCCCCCC)C9=O)cc8CCCCCCCC)s7)s6)cc5c(-c5ccc(CC(CC)CCCC)s5)c4s3)cc2C)s1. The lowest BCUT2D eigenvalue weighted by Gasteiger charge is -2.13. The number of amides is 2. The summed E-state index contributed by atoms with van der Waals surface area (Å²) in [6, 6.07) is 35.0. The van der Waals surface area contributed by atoms with E-state index >= 15 is 0 Å². The third-order valence-electron chi connectivity index (χ3n) is 25.5. The quantitative estimate of drug-likeness (QED) is 0.0215. The van der Waals surface area contributed by atoms with E-state index in [0.29, 0.717) is 33.6 Å². The zero-order valence-electron chi connectivity index (χ0n) is 76.6. The van der Waals surface area contributed by atoms with Gasteiger partial charge in [-0.3, -0.25) is 19.4 Å². The van der Waals surface area contributed by atoms with Crippen LogP contribution in [0.1, 0.15) is 348 Å². The highest BCUT2D eigenvalue weighted by molar-refractivity contribution is 8.27. The van der Waals surface area contributed by atoms with E-state index < -0.39 is 0 Å². The van der Waals surface area contributed by atoms with Crippen LogP contribution in [0.5, 0.6) is 0 Å². The Bertz CT molecular complexity index is 5230. The van der Waals surface area contributed by atoms with Crippen LogP contribution in [0.25, 0.3) is 112 Å². The molecule has 2 fully saturated rings. The van der Waals surface area contributed by atoms with Gasteiger partial charge in [-0.15, -0.1) is 113 Å². The highest BCUT2D eigenvalue weighted by atomic mass is 32.2. The summed E-state index contributed by atoms with van der Waals surface area (Å²) in [7, 11) is 0. The van der Waals surface area contributed by atoms with Crippen molar-refractivity contribution in [1.29, 1.82) is 0 Å². The van der Waals surface area contributed by atoms with E-state index in [1.54, 1.807) is 0 Å². The van der Waals surface area contributed by atoms with Crippen LogP contribution in [-0.4, -0.2) is 43.3 Å². The summed E-state index contributed by atoms with van der Waals surface area (Å²) in [6.45, 7) is 24.8. The molecule has 2 saturated heterocycles. The summed E-state index contributed by atoms with van der Waals surface area (Å²) < 4.78 is 4.23. The fraction of sp³-hybridized carbons (Fsp3) is 0.533. The predicted molar refractivity (Wildman–Crippen MR) is 580 cm³/mol. The zero-order chi connectivity index (χ0) is 87.6. The fourth-order valence-corrected chi connectivity index (χ4v) is 33.2. The van der Waals surface area contributed by atoms with Crippen LogP contribution in [0, 0.1) is 18.8 Å². The van der Waals surface area contributed by atoms with Crippen molar-refractivity contribution in [2.75, 3.05) is 13.1 Å². The first-order valence-corrected chi connectivity index (χ1v) is 59.2. The molecule has 0 saturated carbocycles. The van der Waals surface area contributed by atoms with E-state index in [0.717, 1.165) is 77.4 Å². The van der Waals surface area contributed by atoms with Crippen LogP contribution in [0.2, 0.25) is 0 Å².